The first-order chi connectivity index (χ1) is 26.0. The molecule has 0 saturated carbocycles. The molecule has 5 rings (SSSR count). The van der Waals surface area contributed by atoms with E-state index in [4.69, 9.17) is 9.47 Å². The summed E-state index contributed by atoms with van der Waals surface area (Å²) in [5, 5.41) is 22.8. The third kappa shape index (κ3) is 9.61. The molecule has 0 heterocycles. The highest BCUT2D eigenvalue weighted by Gasteiger charge is 2.29. The topological polar surface area (TPSA) is 62.2 Å². The molecule has 2 N–H and O–H groups in total. The molecule has 0 unspecified atom stereocenters. The standard InChI is InChI=1S/C51H65NO4/c1-48(2,3)40-26-36(27-41(46(40)53)49(4,5)6)38-22-20-34(24-44(38)55-13)31-52(30-33-18-16-15-17-19-33)32-35-21-23-39(45(25-35)56-14)37-28-42(50(7,8)9)47(54)43(29-37)51(10,11)12/h15-29,53-54H,30-32H2,1-14H3. The van der Waals surface area contributed by atoms with Gasteiger partial charge in [-0.3, -0.25) is 4.90 Å². The van der Waals surface area contributed by atoms with E-state index in [9.17, 15) is 10.2 Å². The maximum absolute atomic E-state index is 11.4. The van der Waals surface area contributed by atoms with Crippen LogP contribution >= 0.6 is 0 Å². The predicted molar refractivity (Wildman–Crippen MR) is 234 cm³/mol. The summed E-state index contributed by atoms with van der Waals surface area (Å²) in [6, 6.07) is 32.1. The Morgan fingerprint density at radius 2 is 0.750 bits per heavy atom. The minimum Gasteiger partial charge on any atom is -0.507 e. The van der Waals surface area contributed by atoms with Gasteiger partial charge in [0.05, 0.1) is 14.2 Å². The van der Waals surface area contributed by atoms with Gasteiger partial charge < -0.3 is 19.7 Å². The molecule has 0 fully saturated rings. The largest absolute Gasteiger partial charge is 0.507 e. The van der Waals surface area contributed by atoms with E-state index in [1.165, 1.54) is 5.56 Å². The van der Waals surface area contributed by atoms with Gasteiger partial charge in [0.15, 0.2) is 0 Å². The molecule has 298 valence electrons. The van der Waals surface area contributed by atoms with Crippen LogP contribution in [0.1, 0.15) is 122 Å². The van der Waals surface area contributed by atoms with E-state index in [1.54, 1.807) is 14.2 Å². The number of phenolic OH excluding ortho intramolecular Hbond substituents is 2. The van der Waals surface area contributed by atoms with Gasteiger partial charge >= 0.3 is 0 Å². The highest BCUT2D eigenvalue weighted by atomic mass is 16.5. The van der Waals surface area contributed by atoms with Gasteiger partial charge in [-0.25, -0.2) is 0 Å². The first kappa shape index (κ1) is 42.4. The van der Waals surface area contributed by atoms with E-state index in [2.05, 4.69) is 179 Å². The number of nitrogens with zero attached hydrogens (tertiary/aromatic N) is 1. The molecule has 56 heavy (non-hydrogen) atoms. The highest BCUT2D eigenvalue weighted by molar-refractivity contribution is 5.76. The summed E-state index contributed by atoms with van der Waals surface area (Å²) in [6.45, 7) is 27.9. The second kappa shape index (κ2) is 16.0. The van der Waals surface area contributed by atoms with Crippen molar-refractivity contribution in [3.63, 3.8) is 0 Å². The molecular weight excluding hydrogens is 691 g/mol. The molecule has 0 saturated heterocycles. The molecule has 0 radical (unpaired) electrons. The van der Waals surface area contributed by atoms with Crippen molar-refractivity contribution in [1.29, 1.82) is 0 Å². The zero-order chi connectivity index (χ0) is 41.4. The summed E-state index contributed by atoms with van der Waals surface area (Å²) in [7, 11) is 3.47. The first-order valence-electron chi connectivity index (χ1n) is 19.9. The monoisotopic (exact) mass is 755 g/mol. The lowest BCUT2D eigenvalue weighted by molar-refractivity contribution is 0.247. The van der Waals surface area contributed by atoms with Crippen LogP contribution in [0, 0.1) is 0 Å². The third-order valence-electron chi connectivity index (χ3n) is 10.7. The number of ether oxygens (including phenoxy) is 2. The number of benzene rings is 5. The smallest absolute Gasteiger partial charge is 0.127 e. The number of hydrogen-bond acceptors (Lipinski definition) is 5. The second-order valence-electron chi connectivity index (χ2n) is 19.5. The van der Waals surface area contributed by atoms with Crippen LogP contribution in [0.2, 0.25) is 0 Å². The van der Waals surface area contributed by atoms with Crippen molar-refractivity contribution in [3.05, 3.63) is 130 Å². The van der Waals surface area contributed by atoms with Crippen molar-refractivity contribution in [1.82, 2.24) is 4.90 Å². The fourth-order valence-corrected chi connectivity index (χ4v) is 7.54. The van der Waals surface area contributed by atoms with Crippen molar-refractivity contribution in [2.75, 3.05) is 14.2 Å². The Morgan fingerprint density at radius 1 is 0.429 bits per heavy atom. The van der Waals surface area contributed by atoms with E-state index >= 15 is 0 Å². The van der Waals surface area contributed by atoms with Crippen molar-refractivity contribution in [2.24, 2.45) is 0 Å². The highest BCUT2D eigenvalue weighted by Crippen LogP contribution is 2.45. The van der Waals surface area contributed by atoms with Crippen LogP contribution in [-0.2, 0) is 41.3 Å². The van der Waals surface area contributed by atoms with Crippen LogP contribution in [0.25, 0.3) is 22.3 Å². The summed E-state index contributed by atoms with van der Waals surface area (Å²) in [5.74, 6) is 2.35. The molecule has 5 heteroatoms. The Balaban J connectivity index is 1.53. The van der Waals surface area contributed by atoms with Crippen LogP contribution in [0.3, 0.4) is 0 Å². The molecule has 0 aliphatic carbocycles. The maximum atomic E-state index is 11.4. The van der Waals surface area contributed by atoms with Crippen molar-refractivity contribution in [3.8, 4) is 45.3 Å². The third-order valence-corrected chi connectivity index (χ3v) is 10.7. The van der Waals surface area contributed by atoms with Gasteiger partial charge in [-0.1, -0.05) is 138 Å². The summed E-state index contributed by atoms with van der Waals surface area (Å²) < 4.78 is 12.2. The van der Waals surface area contributed by atoms with Crippen LogP contribution in [-0.4, -0.2) is 29.3 Å². The normalized spacial score (nSPS) is 12.6. The lowest BCUT2D eigenvalue weighted by atomic mass is 9.77. The second-order valence-corrected chi connectivity index (χ2v) is 19.5. The van der Waals surface area contributed by atoms with Gasteiger partial charge in [0.25, 0.3) is 0 Å². The Morgan fingerprint density at radius 3 is 1.05 bits per heavy atom. The Bertz CT molecular complexity index is 1950. The quantitative estimate of drug-likeness (QED) is 0.149. The molecule has 0 amide bonds. The minimum absolute atomic E-state index is 0.235. The van der Waals surface area contributed by atoms with Gasteiger partial charge in [0.1, 0.15) is 23.0 Å². The maximum Gasteiger partial charge on any atom is 0.127 e. The molecule has 0 atom stereocenters. The van der Waals surface area contributed by atoms with Crippen molar-refractivity contribution >= 4 is 0 Å². The predicted octanol–water partition coefficient (Wildman–Crippen LogP) is 12.8. The molecule has 0 aliphatic rings. The zero-order valence-corrected chi connectivity index (χ0v) is 36.4. The summed E-state index contributed by atoms with van der Waals surface area (Å²) in [6.07, 6.45) is 0. The number of aromatic hydroxyl groups is 2. The molecule has 5 aromatic carbocycles. The van der Waals surface area contributed by atoms with Crippen LogP contribution in [0.5, 0.6) is 23.0 Å². The van der Waals surface area contributed by atoms with E-state index in [0.717, 1.165) is 73.7 Å². The molecule has 5 nitrogen and oxygen atoms in total. The fraction of sp³-hybridized carbons (Fsp3) is 0.412. The molecule has 5 aromatic rings. The number of rotatable bonds is 10. The van der Waals surface area contributed by atoms with E-state index in [0.29, 0.717) is 24.6 Å². The van der Waals surface area contributed by atoms with Gasteiger partial charge in [-0.05, 0) is 85.9 Å². The van der Waals surface area contributed by atoms with Gasteiger partial charge in [-0.15, -0.1) is 0 Å². The SMILES string of the molecule is COc1cc(CN(Cc2ccccc2)Cc2ccc(-c3cc(C(C)(C)C)c(O)c(C(C)(C)C)c3)c(OC)c2)ccc1-c1cc(C(C)(C)C)c(O)c(C(C)(C)C)c1. The first-order valence-corrected chi connectivity index (χ1v) is 19.9. The van der Waals surface area contributed by atoms with E-state index < -0.39 is 0 Å². The van der Waals surface area contributed by atoms with Crippen LogP contribution < -0.4 is 9.47 Å². The van der Waals surface area contributed by atoms with Crippen LogP contribution in [0.15, 0.2) is 91.0 Å². The van der Waals surface area contributed by atoms with Gasteiger partial charge in [-0.2, -0.15) is 0 Å². The molecule has 0 aliphatic heterocycles. The van der Waals surface area contributed by atoms with Crippen molar-refractivity contribution < 1.29 is 19.7 Å². The lowest BCUT2D eigenvalue weighted by Crippen LogP contribution is -2.22. The molecular formula is C51H65NO4. The minimum atomic E-state index is -0.235. The van der Waals surface area contributed by atoms with Gasteiger partial charge in [0, 0.05) is 53.0 Å². The number of methoxy groups -OCH3 is 2. The fourth-order valence-electron chi connectivity index (χ4n) is 7.54. The number of phenols is 2. The Labute approximate surface area is 337 Å². The molecule has 0 spiro atoms. The number of hydrogen-bond donors (Lipinski definition) is 2. The zero-order valence-electron chi connectivity index (χ0n) is 36.4. The average molecular weight is 756 g/mol. The van der Waals surface area contributed by atoms with E-state index in [1.807, 2.05) is 0 Å². The van der Waals surface area contributed by atoms with Crippen LogP contribution in [0.4, 0.5) is 0 Å². The van der Waals surface area contributed by atoms with Crippen molar-refractivity contribution in [2.45, 2.75) is 124 Å². The summed E-state index contributed by atoms with van der Waals surface area (Å²) in [4.78, 5) is 2.45. The molecule has 0 aromatic heterocycles. The Kier molecular flexibility index (Phi) is 12.1. The molecule has 0 bridgehead atoms. The van der Waals surface area contributed by atoms with E-state index in [-0.39, 0.29) is 21.7 Å². The lowest BCUT2D eigenvalue weighted by Gasteiger charge is -2.29. The van der Waals surface area contributed by atoms with Gasteiger partial charge in [0.2, 0.25) is 0 Å². The Hall–Kier alpha value is -4.74. The summed E-state index contributed by atoms with van der Waals surface area (Å²) in [5.41, 5.74) is 10.4. The summed E-state index contributed by atoms with van der Waals surface area (Å²) >= 11 is 0. The average Bonchev–Trinajstić information content (AvgIpc) is 3.10.